The Labute approximate surface area is 166 Å². The number of para-hydroxylation sites is 1. The minimum atomic E-state index is -0.374. The fourth-order valence-electron chi connectivity index (χ4n) is 4.57. The van der Waals surface area contributed by atoms with E-state index in [4.69, 9.17) is 9.47 Å². The largest absolute Gasteiger partial charge is 0.497 e. The molecule has 0 aromatic heterocycles. The van der Waals surface area contributed by atoms with Crippen molar-refractivity contribution < 1.29 is 14.3 Å². The second-order valence-corrected chi connectivity index (χ2v) is 7.67. The molecule has 4 rings (SSSR count). The highest BCUT2D eigenvalue weighted by Gasteiger charge is 2.51. The highest BCUT2D eigenvalue weighted by atomic mass is 16.5. The zero-order chi connectivity index (χ0) is 19.6. The second kappa shape index (κ2) is 7.94. The van der Waals surface area contributed by atoms with Crippen LogP contribution in [-0.4, -0.2) is 51.3 Å². The minimum Gasteiger partial charge on any atom is -0.497 e. The average Bonchev–Trinajstić information content (AvgIpc) is 2.97. The van der Waals surface area contributed by atoms with Crippen LogP contribution in [0.2, 0.25) is 0 Å². The minimum absolute atomic E-state index is 0.245. The molecule has 5 heteroatoms. The van der Waals surface area contributed by atoms with Gasteiger partial charge in [0.2, 0.25) is 5.91 Å². The van der Waals surface area contributed by atoms with E-state index in [1.54, 1.807) is 14.2 Å². The lowest BCUT2D eigenvalue weighted by atomic mass is 9.73. The third-order valence-electron chi connectivity index (χ3n) is 6.16. The highest BCUT2D eigenvalue weighted by molar-refractivity contribution is 6.08. The first-order valence-corrected chi connectivity index (χ1v) is 9.93. The summed E-state index contributed by atoms with van der Waals surface area (Å²) in [5.74, 6) is 1.13. The Bertz CT molecular complexity index is 826. The Morgan fingerprint density at radius 2 is 1.71 bits per heavy atom. The van der Waals surface area contributed by atoms with Gasteiger partial charge in [-0.2, -0.15) is 0 Å². The van der Waals surface area contributed by atoms with Crippen LogP contribution < -0.4 is 9.64 Å². The predicted molar refractivity (Wildman–Crippen MR) is 110 cm³/mol. The molecule has 2 aromatic carbocycles. The van der Waals surface area contributed by atoms with Gasteiger partial charge in [0.15, 0.2) is 0 Å². The van der Waals surface area contributed by atoms with Crippen LogP contribution in [0.15, 0.2) is 48.5 Å². The Kier molecular flexibility index (Phi) is 5.38. The number of methoxy groups -OCH3 is 2. The number of piperidine rings is 1. The molecule has 2 heterocycles. The van der Waals surface area contributed by atoms with E-state index < -0.39 is 0 Å². The van der Waals surface area contributed by atoms with Crippen LogP contribution in [0.3, 0.4) is 0 Å². The topological polar surface area (TPSA) is 42.0 Å². The Balaban J connectivity index is 1.48. The molecular weight excluding hydrogens is 352 g/mol. The van der Waals surface area contributed by atoms with Gasteiger partial charge in [-0.05, 0) is 55.3 Å². The van der Waals surface area contributed by atoms with E-state index in [1.165, 1.54) is 11.1 Å². The Morgan fingerprint density at radius 3 is 2.39 bits per heavy atom. The smallest absolute Gasteiger partial charge is 0.237 e. The van der Waals surface area contributed by atoms with Crippen molar-refractivity contribution in [1.29, 1.82) is 0 Å². The summed E-state index contributed by atoms with van der Waals surface area (Å²) < 4.78 is 10.5. The average molecular weight is 380 g/mol. The van der Waals surface area contributed by atoms with Crippen molar-refractivity contribution >= 4 is 11.6 Å². The standard InChI is InChI=1S/C23H28N2O3/c1-27-16-15-25-21-6-4-3-5-20(21)23(22(25)26)11-13-24(14-12-23)17-18-7-9-19(28-2)10-8-18/h3-10H,11-17H2,1-2H3. The van der Waals surface area contributed by atoms with E-state index in [-0.39, 0.29) is 11.3 Å². The third kappa shape index (κ3) is 3.29. The number of likely N-dealkylation sites (tertiary alicyclic amines) is 1. The Hall–Kier alpha value is -2.37. The third-order valence-corrected chi connectivity index (χ3v) is 6.16. The normalized spacial score (nSPS) is 18.5. The summed E-state index contributed by atoms with van der Waals surface area (Å²) >= 11 is 0. The van der Waals surface area contributed by atoms with Crippen LogP contribution >= 0.6 is 0 Å². The number of carbonyl (C=O) groups is 1. The van der Waals surface area contributed by atoms with Gasteiger partial charge < -0.3 is 14.4 Å². The van der Waals surface area contributed by atoms with Crippen molar-refractivity contribution in [3.05, 3.63) is 59.7 Å². The van der Waals surface area contributed by atoms with Crippen molar-refractivity contribution in [2.45, 2.75) is 24.8 Å². The van der Waals surface area contributed by atoms with Crippen molar-refractivity contribution in [1.82, 2.24) is 4.90 Å². The van der Waals surface area contributed by atoms with Crippen molar-refractivity contribution in [2.75, 3.05) is 45.4 Å². The molecule has 0 saturated carbocycles. The first kappa shape index (κ1) is 19.0. The number of nitrogens with zero attached hydrogens (tertiary/aromatic N) is 2. The van der Waals surface area contributed by atoms with E-state index in [9.17, 15) is 4.79 Å². The number of carbonyl (C=O) groups excluding carboxylic acids is 1. The maximum Gasteiger partial charge on any atom is 0.237 e. The monoisotopic (exact) mass is 380 g/mol. The first-order chi connectivity index (χ1) is 13.7. The molecule has 0 N–H and O–H groups in total. The van der Waals surface area contributed by atoms with Gasteiger partial charge in [0.25, 0.3) is 0 Å². The van der Waals surface area contributed by atoms with Gasteiger partial charge in [0.1, 0.15) is 5.75 Å². The van der Waals surface area contributed by atoms with Crippen LogP contribution in [0.5, 0.6) is 5.75 Å². The van der Waals surface area contributed by atoms with Crippen LogP contribution in [0.25, 0.3) is 0 Å². The first-order valence-electron chi connectivity index (χ1n) is 9.93. The maximum absolute atomic E-state index is 13.4. The van der Waals surface area contributed by atoms with E-state index >= 15 is 0 Å². The molecule has 148 valence electrons. The number of benzene rings is 2. The molecule has 1 amide bonds. The van der Waals surface area contributed by atoms with Crippen LogP contribution in [0, 0.1) is 0 Å². The number of amides is 1. The van der Waals surface area contributed by atoms with E-state index in [2.05, 4.69) is 35.2 Å². The maximum atomic E-state index is 13.4. The number of fused-ring (bicyclic) bond motifs is 2. The number of anilines is 1. The van der Waals surface area contributed by atoms with E-state index in [0.29, 0.717) is 13.2 Å². The lowest BCUT2D eigenvalue weighted by molar-refractivity contribution is -0.125. The highest BCUT2D eigenvalue weighted by Crippen LogP contribution is 2.47. The summed E-state index contributed by atoms with van der Waals surface area (Å²) in [6.45, 7) is 3.92. The Morgan fingerprint density at radius 1 is 1.00 bits per heavy atom. The number of hydrogen-bond acceptors (Lipinski definition) is 4. The van der Waals surface area contributed by atoms with Crippen molar-refractivity contribution in [3.63, 3.8) is 0 Å². The quantitative estimate of drug-likeness (QED) is 0.772. The molecule has 1 saturated heterocycles. The van der Waals surface area contributed by atoms with Crippen LogP contribution in [0.4, 0.5) is 5.69 Å². The fraction of sp³-hybridized carbons (Fsp3) is 0.435. The number of hydrogen-bond donors (Lipinski definition) is 0. The van der Waals surface area contributed by atoms with Gasteiger partial charge in [0.05, 0.1) is 19.1 Å². The molecule has 1 fully saturated rings. The predicted octanol–water partition coefficient (Wildman–Crippen LogP) is 3.22. The fourth-order valence-corrected chi connectivity index (χ4v) is 4.57. The summed E-state index contributed by atoms with van der Waals surface area (Å²) in [5.41, 5.74) is 3.16. The number of rotatable bonds is 6. The van der Waals surface area contributed by atoms with Crippen molar-refractivity contribution in [2.24, 2.45) is 0 Å². The lowest BCUT2D eigenvalue weighted by Gasteiger charge is -2.38. The molecule has 5 nitrogen and oxygen atoms in total. The molecule has 0 aliphatic carbocycles. The second-order valence-electron chi connectivity index (χ2n) is 7.67. The van der Waals surface area contributed by atoms with Gasteiger partial charge in [-0.15, -0.1) is 0 Å². The summed E-state index contributed by atoms with van der Waals surface area (Å²) in [5, 5.41) is 0. The van der Waals surface area contributed by atoms with Crippen LogP contribution in [-0.2, 0) is 21.5 Å². The zero-order valence-corrected chi connectivity index (χ0v) is 16.7. The van der Waals surface area contributed by atoms with Gasteiger partial charge in [-0.3, -0.25) is 9.69 Å². The lowest BCUT2D eigenvalue weighted by Crippen LogP contribution is -2.49. The molecule has 2 aliphatic rings. The molecule has 0 unspecified atom stereocenters. The van der Waals surface area contributed by atoms with Gasteiger partial charge in [-0.25, -0.2) is 0 Å². The molecule has 28 heavy (non-hydrogen) atoms. The van der Waals surface area contributed by atoms with Gasteiger partial charge >= 0.3 is 0 Å². The molecule has 1 spiro atoms. The summed E-state index contributed by atoms with van der Waals surface area (Å²) in [6, 6.07) is 16.5. The SMILES string of the molecule is COCCN1C(=O)C2(CCN(Cc3ccc(OC)cc3)CC2)c2ccccc21. The summed E-state index contributed by atoms with van der Waals surface area (Å²) in [4.78, 5) is 17.8. The van der Waals surface area contributed by atoms with E-state index in [1.807, 2.05) is 23.1 Å². The molecule has 0 bridgehead atoms. The molecule has 0 radical (unpaired) electrons. The molecule has 2 aliphatic heterocycles. The number of ether oxygens (including phenoxy) is 2. The van der Waals surface area contributed by atoms with E-state index in [0.717, 1.165) is 43.9 Å². The molecule has 2 aromatic rings. The van der Waals surface area contributed by atoms with Gasteiger partial charge in [-0.1, -0.05) is 30.3 Å². The van der Waals surface area contributed by atoms with Crippen molar-refractivity contribution in [3.8, 4) is 5.75 Å². The molecular formula is C23H28N2O3. The molecule has 0 atom stereocenters. The zero-order valence-electron chi connectivity index (χ0n) is 16.7. The van der Waals surface area contributed by atoms with Crippen LogP contribution in [0.1, 0.15) is 24.0 Å². The summed E-state index contributed by atoms with van der Waals surface area (Å²) in [6.07, 6.45) is 1.73. The summed E-state index contributed by atoms with van der Waals surface area (Å²) in [7, 11) is 3.37. The van der Waals surface area contributed by atoms with Gasteiger partial charge in [0, 0.05) is 25.9 Å².